The zero-order chi connectivity index (χ0) is 17.7. The van der Waals surface area contributed by atoms with E-state index in [1.807, 2.05) is 0 Å². The molecule has 0 radical (unpaired) electrons. The molecule has 0 bridgehead atoms. The molecule has 3 nitrogen and oxygen atoms in total. The van der Waals surface area contributed by atoms with Gasteiger partial charge in [-0.15, -0.1) is 11.6 Å². The number of halogens is 1. The molecule has 0 aliphatic carbocycles. The molecule has 1 unspecified atom stereocenters. The summed E-state index contributed by atoms with van der Waals surface area (Å²) in [4.78, 5) is 13.8. The molecule has 3 atom stereocenters. The standard InChI is InChI=1S/C21H38ClNO2/c22-15-9-6-4-2-1-3-5-7-14-21(24)25-18-19-12-11-17-23-16-10-8-13-20(19)23/h19-20H,1-18H2/p+1/t19-,20+/m0/s1. The highest BCUT2D eigenvalue weighted by atomic mass is 35.5. The fraction of sp³-hybridized carbons (Fsp3) is 0.952. The highest BCUT2D eigenvalue weighted by molar-refractivity contribution is 6.17. The second kappa shape index (κ2) is 13.0. The second-order valence-corrected chi connectivity index (χ2v) is 8.49. The summed E-state index contributed by atoms with van der Waals surface area (Å²) >= 11 is 5.68. The van der Waals surface area contributed by atoms with Crippen molar-refractivity contribution >= 4 is 17.6 Å². The zero-order valence-corrected chi connectivity index (χ0v) is 16.8. The molecule has 4 heteroatoms. The summed E-state index contributed by atoms with van der Waals surface area (Å²) in [5, 5.41) is 0. The molecule has 2 fully saturated rings. The van der Waals surface area contributed by atoms with Crippen molar-refractivity contribution in [1.29, 1.82) is 0 Å². The maximum Gasteiger partial charge on any atom is 0.305 e. The molecule has 2 heterocycles. The fourth-order valence-corrected chi connectivity index (χ4v) is 4.86. The van der Waals surface area contributed by atoms with Crippen LogP contribution in [0.1, 0.15) is 89.9 Å². The van der Waals surface area contributed by atoms with Gasteiger partial charge in [0.1, 0.15) is 0 Å². The van der Waals surface area contributed by atoms with Gasteiger partial charge in [0, 0.05) is 18.2 Å². The molecule has 0 aromatic rings. The van der Waals surface area contributed by atoms with E-state index in [4.69, 9.17) is 16.3 Å². The first kappa shape index (κ1) is 21.0. The van der Waals surface area contributed by atoms with Crippen LogP contribution in [0.15, 0.2) is 0 Å². The van der Waals surface area contributed by atoms with Crippen LogP contribution in [-0.4, -0.2) is 37.6 Å². The van der Waals surface area contributed by atoms with Crippen molar-refractivity contribution in [1.82, 2.24) is 0 Å². The first-order chi connectivity index (χ1) is 12.3. The number of alkyl halides is 1. The molecule has 0 aromatic carbocycles. The van der Waals surface area contributed by atoms with Gasteiger partial charge in [-0.05, 0) is 44.9 Å². The molecular weight excluding hydrogens is 334 g/mol. The number of nitrogens with one attached hydrogen (secondary N) is 1. The van der Waals surface area contributed by atoms with E-state index in [1.54, 1.807) is 4.90 Å². The maximum atomic E-state index is 12.0. The summed E-state index contributed by atoms with van der Waals surface area (Å²) in [7, 11) is 0. The number of ether oxygens (including phenoxy) is 1. The Kier molecular flexibility index (Phi) is 10.9. The van der Waals surface area contributed by atoms with Crippen LogP contribution in [0.2, 0.25) is 0 Å². The van der Waals surface area contributed by atoms with Gasteiger partial charge in [0.05, 0.1) is 25.7 Å². The lowest BCUT2D eigenvalue weighted by atomic mass is 9.84. The minimum atomic E-state index is 0.0324. The summed E-state index contributed by atoms with van der Waals surface area (Å²) in [5.41, 5.74) is 0. The van der Waals surface area contributed by atoms with Crippen molar-refractivity contribution in [3.05, 3.63) is 0 Å². The van der Waals surface area contributed by atoms with Crippen LogP contribution < -0.4 is 4.90 Å². The molecular formula is C21H39ClNO2+. The summed E-state index contributed by atoms with van der Waals surface area (Å²) < 4.78 is 5.64. The van der Waals surface area contributed by atoms with Crippen molar-refractivity contribution in [2.24, 2.45) is 5.92 Å². The van der Waals surface area contributed by atoms with Crippen LogP contribution in [-0.2, 0) is 9.53 Å². The highest BCUT2D eigenvalue weighted by Gasteiger charge is 2.37. The average Bonchev–Trinajstić information content (AvgIpc) is 2.65. The van der Waals surface area contributed by atoms with E-state index in [0.717, 1.165) is 31.2 Å². The SMILES string of the molecule is O=C(CCCCCCCCCCCl)OC[C@@H]1CCC[NH+]2CCCC[C@H]12. The van der Waals surface area contributed by atoms with Crippen LogP contribution in [0.25, 0.3) is 0 Å². The Bertz CT molecular complexity index is 362. The Morgan fingerprint density at radius 1 is 0.880 bits per heavy atom. The number of carbonyl (C=O) groups is 1. The number of unbranched alkanes of at least 4 members (excludes halogenated alkanes) is 7. The largest absolute Gasteiger partial charge is 0.465 e. The number of piperidine rings is 2. The molecule has 0 aromatic heterocycles. The quantitative estimate of drug-likeness (QED) is 0.317. The van der Waals surface area contributed by atoms with Crippen LogP contribution in [0.5, 0.6) is 0 Å². The summed E-state index contributed by atoms with van der Waals surface area (Å²) in [6.45, 7) is 3.34. The van der Waals surface area contributed by atoms with E-state index in [9.17, 15) is 4.79 Å². The number of hydrogen-bond donors (Lipinski definition) is 1. The topological polar surface area (TPSA) is 30.7 Å². The maximum absolute atomic E-state index is 12.0. The minimum absolute atomic E-state index is 0.0324. The van der Waals surface area contributed by atoms with Gasteiger partial charge in [0.15, 0.2) is 0 Å². The van der Waals surface area contributed by atoms with Crippen molar-refractivity contribution in [3.8, 4) is 0 Å². The summed E-state index contributed by atoms with van der Waals surface area (Å²) in [6.07, 6.45) is 17.0. The predicted molar refractivity (Wildman–Crippen MR) is 104 cm³/mol. The van der Waals surface area contributed by atoms with E-state index in [0.29, 0.717) is 18.9 Å². The first-order valence-electron chi connectivity index (χ1n) is 10.9. The van der Waals surface area contributed by atoms with Crippen LogP contribution in [0, 0.1) is 5.92 Å². The second-order valence-electron chi connectivity index (χ2n) is 8.11. The highest BCUT2D eigenvalue weighted by Crippen LogP contribution is 2.21. The molecule has 25 heavy (non-hydrogen) atoms. The number of esters is 1. The molecule has 2 saturated heterocycles. The third-order valence-electron chi connectivity index (χ3n) is 6.15. The molecule has 0 amide bonds. The van der Waals surface area contributed by atoms with Gasteiger partial charge in [-0.2, -0.15) is 0 Å². The van der Waals surface area contributed by atoms with Crippen molar-refractivity contribution in [3.63, 3.8) is 0 Å². The van der Waals surface area contributed by atoms with Gasteiger partial charge >= 0.3 is 5.97 Å². The first-order valence-corrected chi connectivity index (χ1v) is 11.4. The average molecular weight is 373 g/mol. The van der Waals surface area contributed by atoms with Crippen molar-refractivity contribution < 1.29 is 14.4 Å². The Balaban J connectivity index is 1.47. The van der Waals surface area contributed by atoms with Gasteiger partial charge in [0.25, 0.3) is 0 Å². The number of hydrogen-bond acceptors (Lipinski definition) is 2. The number of rotatable bonds is 12. The van der Waals surface area contributed by atoms with Crippen LogP contribution in [0.4, 0.5) is 0 Å². The van der Waals surface area contributed by atoms with Gasteiger partial charge in [-0.25, -0.2) is 0 Å². The van der Waals surface area contributed by atoms with Crippen molar-refractivity contribution in [2.45, 2.75) is 95.9 Å². The number of quaternary nitrogens is 1. The minimum Gasteiger partial charge on any atom is -0.465 e. The molecule has 2 aliphatic heterocycles. The smallest absolute Gasteiger partial charge is 0.305 e. The Morgan fingerprint density at radius 2 is 1.56 bits per heavy atom. The zero-order valence-electron chi connectivity index (χ0n) is 16.1. The number of fused-ring (bicyclic) bond motifs is 1. The number of carbonyl (C=O) groups excluding carboxylic acids is 1. The molecule has 146 valence electrons. The molecule has 0 spiro atoms. The summed E-state index contributed by atoms with van der Waals surface area (Å²) in [6, 6.07) is 0.758. The lowest BCUT2D eigenvalue weighted by Gasteiger charge is -2.41. The third kappa shape index (κ3) is 8.30. The summed E-state index contributed by atoms with van der Waals surface area (Å²) in [5.74, 6) is 1.44. The molecule has 0 saturated carbocycles. The van der Waals surface area contributed by atoms with Gasteiger partial charge in [-0.1, -0.05) is 38.5 Å². The Labute approximate surface area is 159 Å². The monoisotopic (exact) mass is 372 g/mol. The molecule has 2 aliphatic rings. The molecule has 1 N–H and O–H groups in total. The fourth-order valence-electron chi connectivity index (χ4n) is 4.67. The lowest BCUT2D eigenvalue weighted by molar-refractivity contribution is -0.940. The van der Waals surface area contributed by atoms with Crippen LogP contribution >= 0.6 is 11.6 Å². The van der Waals surface area contributed by atoms with Crippen LogP contribution in [0.3, 0.4) is 0 Å². The third-order valence-corrected chi connectivity index (χ3v) is 6.42. The van der Waals surface area contributed by atoms with Gasteiger partial charge < -0.3 is 9.64 Å². The van der Waals surface area contributed by atoms with Gasteiger partial charge in [-0.3, -0.25) is 4.79 Å². The van der Waals surface area contributed by atoms with Crippen molar-refractivity contribution in [2.75, 3.05) is 25.6 Å². The van der Waals surface area contributed by atoms with Gasteiger partial charge in [0.2, 0.25) is 0 Å². The van der Waals surface area contributed by atoms with E-state index >= 15 is 0 Å². The Morgan fingerprint density at radius 3 is 2.32 bits per heavy atom. The predicted octanol–water partition coefficient (Wildman–Crippen LogP) is 4.13. The lowest BCUT2D eigenvalue weighted by Crippen LogP contribution is -3.18. The van der Waals surface area contributed by atoms with E-state index < -0.39 is 0 Å². The van der Waals surface area contributed by atoms with E-state index in [-0.39, 0.29) is 5.97 Å². The Hall–Kier alpha value is -0.280. The van der Waals surface area contributed by atoms with E-state index in [2.05, 4.69) is 0 Å². The molecule has 2 rings (SSSR count). The normalized spacial score (nSPS) is 26.2. The van der Waals surface area contributed by atoms with E-state index in [1.165, 1.54) is 77.3 Å².